The molecule has 0 aliphatic heterocycles. The van der Waals surface area contributed by atoms with Crippen molar-refractivity contribution in [2.75, 3.05) is 6.54 Å². The van der Waals surface area contributed by atoms with Crippen molar-refractivity contribution in [1.82, 2.24) is 5.32 Å². The molecular formula is C14H22BrN. The van der Waals surface area contributed by atoms with Crippen LogP contribution in [0.25, 0.3) is 0 Å². The first kappa shape index (κ1) is 13.7. The summed E-state index contributed by atoms with van der Waals surface area (Å²) in [6.45, 7) is 7.78. The Labute approximate surface area is 108 Å². The molecule has 0 saturated heterocycles. The fourth-order valence-electron chi connectivity index (χ4n) is 2.12. The topological polar surface area (TPSA) is 12.0 Å². The van der Waals surface area contributed by atoms with Crippen LogP contribution in [0, 0.1) is 0 Å². The van der Waals surface area contributed by atoms with Crippen molar-refractivity contribution in [2.45, 2.75) is 45.6 Å². The first-order valence-corrected chi connectivity index (χ1v) is 6.97. The molecule has 0 saturated carbocycles. The van der Waals surface area contributed by atoms with Gasteiger partial charge < -0.3 is 5.32 Å². The molecule has 0 spiro atoms. The van der Waals surface area contributed by atoms with E-state index in [4.69, 9.17) is 0 Å². The van der Waals surface area contributed by atoms with E-state index in [0.717, 1.165) is 6.54 Å². The van der Waals surface area contributed by atoms with Gasteiger partial charge in [0.2, 0.25) is 0 Å². The summed E-state index contributed by atoms with van der Waals surface area (Å²) >= 11 is 3.54. The van der Waals surface area contributed by atoms with E-state index in [9.17, 15) is 0 Å². The number of hydrogen-bond acceptors (Lipinski definition) is 1. The van der Waals surface area contributed by atoms with E-state index >= 15 is 0 Å². The van der Waals surface area contributed by atoms with E-state index in [1.807, 2.05) is 0 Å². The second-order valence-electron chi connectivity index (χ2n) is 4.30. The van der Waals surface area contributed by atoms with E-state index in [-0.39, 0.29) is 0 Å². The fraction of sp³-hybridized carbons (Fsp3) is 0.571. The van der Waals surface area contributed by atoms with Gasteiger partial charge in [0, 0.05) is 10.5 Å². The predicted octanol–water partition coefficient (Wildman–Crippen LogP) is 4.33. The highest BCUT2D eigenvalue weighted by molar-refractivity contribution is 9.10. The van der Waals surface area contributed by atoms with Gasteiger partial charge >= 0.3 is 0 Å². The van der Waals surface area contributed by atoms with Gasteiger partial charge in [-0.3, -0.25) is 0 Å². The lowest BCUT2D eigenvalue weighted by Crippen LogP contribution is -2.33. The smallest absolute Gasteiger partial charge is 0.0178 e. The van der Waals surface area contributed by atoms with Crippen LogP contribution in [0.5, 0.6) is 0 Å². The van der Waals surface area contributed by atoms with Crippen molar-refractivity contribution < 1.29 is 0 Å². The van der Waals surface area contributed by atoms with Crippen molar-refractivity contribution in [2.24, 2.45) is 0 Å². The van der Waals surface area contributed by atoms with E-state index in [1.165, 1.54) is 22.9 Å². The molecule has 0 aliphatic carbocycles. The quantitative estimate of drug-likeness (QED) is 0.819. The summed E-state index contributed by atoms with van der Waals surface area (Å²) in [6.07, 6.45) is 2.47. The average Bonchev–Trinajstić information content (AvgIpc) is 2.28. The van der Waals surface area contributed by atoms with Gasteiger partial charge in [0.15, 0.2) is 0 Å². The number of nitrogens with one attached hydrogen (secondary N) is 1. The third-order valence-electron chi connectivity index (χ3n) is 3.04. The van der Waals surface area contributed by atoms with Crippen molar-refractivity contribution in [3.8, 4) is 0 Å². The van der Waals surface area contributed by atoms with Gasteiger partial charge in [-0.15, -0.1) is 0 Å². The van der Waals surface area contributed by atoms with Crippen LogP contribution in [-0.2, 0) is 0 Å². The molecule has 0 heterocycles. The summed E-state index contributed by atoms with van der Waals surface area (Å²) in [4.78, 5) is 0. The Morgan fingerprint density at radius 1 is 1.31 bits per heavy atom. The van der Waals surface area contributed by atoms with Gasteiger partial charge in [0.1, 0.15) is 0 Å². The summed E-state index contributed by atoms with van der Waals surface area (Å²) in [7, 11) is 0. The van der Waals surface area contributed by atoms with Crippen LogP contribution in [0.15, 0.2) is 28.7 Å². The highest BCUT2D eigenvalue weighted by atomic mass is 79.9. The Balaban J connectivity index is 2.76. The molecule has 1 N–H and O–H groups in total. The lowest BCUT2D eigenvalue weighted by atomic mass is 9.90. The first-order valence-electron chi connectivity index (χ1n) is 6.17. The lowest BCUT2D eigenvalue weighted by molar-refractivity contribution is 0.430. The van der Waals surface area contributed by atoms with Crippen LogP contribution < -0.4 is 5.32 Å². The van der Waals surface area contributed by atoms with Crippen LogP contribution in [0.4, 0.5) is 0 Å². The van der Waals surface area contributed by atoms with Gasteiger partial charge in [-0.1, -0.05) is 55.3 Å². The molecule has 1 aromatic rings. The maximum atomic E-state index is 3.59. The summed E-state index contributed by atoms with van der Waals surface area (Å²) in [5, 5.41) is 3.59. The average molecular weight is 284 g/mol. The normalized spacial score (nSPS) is 14.8. The van der Waals surface area contributed by atoms with Crippen molar-refractivity contribution in [1.29, 1.82) is 0 Å². The Bertz CT molecular complexity index is 305. The molecule has 1 aromatic carbocycles. The largest absolute Gasteiger partial charge is 0.314 e. The molecule has 90 valence electrons. The van der Waals surface area contributed by atoms with Crippen LogP contribution in [0.2, 0.25) is 0 Å². The van der Waals surface area contributed by atoms with Crippen LogP contribution in [0.1, 0.15) is 45.1 Å². The SMILES string of the molecule is CCCC(NCC)C(C)c1cccc(Br)c1. The highest BCUT2D eigenvalue weighted by Crippen LogP contribution is 2.24. The van der Waals surface area contributed by atoms with Crippen molar-refractivity contribution >= 4 is 15.9 Å². The van der Waals surface area contributed by atoms with Gasteiger partial charge in [0.25, 0.3) is 0 Å². The summed E-state index contributed by atoms with van der Waals surface area (Å²) < 4.78 is 1.17. The van der Waals surface area contributed by atoms with Crippen LogP contribution >= 0.6 is 15.9 Å². The monoisotopic (exact) mass is 283 g/mol. The van der Waals surface area contributed by atoms with E-state index in [2.05, 4.69) is 66.3 Å². The number of benzene rings is 1. The molecule has 0 aliphatic rings. The summed E-state index contributed by atoms with van der Waals surface area (Å²) in [6, 6.07) is 9.23. The minimum atomic E-state index is 0.567. The highest BCUT2D eigenvalue weighted by Gasteiger charge is 2.16. The Morgan fingerprint density at radius 3 is 2.62 bits per heavy atom. The predicted molar refractivity (Wildman–Crippen MR) is 74.9 cm³/mol. The van der Waals surface area contributed by atoms with Gasteiger partial charge in [-0.25, -0.2) is 0 Å². The third kappa shape index (κ3) is 3.91. The van der Waals surface area contributed by atoms with E-state index in [1.54, 1.807) is 0 Å². The molecule has 2 atom stereocenters. The second kappa shape index (κ2) is 7.08. The Hall–Kier alpha value is -0.340. The zero-order chi connectivity index (χ0) is 12.0. The number of rotatable bonds is 6. The number of hydrogen-bond donors (Lipinski definition) is 1. The molecule has 1 rings (SSSR count). The summed E-state index contributed by atoms with van der Waals surface area (Å²) in [5.41, 5.74) is 1.41. The molecule has 0 aromatic heterocycles. The zero-order valence-corrected chi connectivity index (χ0v) is 12.0. The zero-order valence-electron chi connectivity index (χ0n) is 10.5. The minimum absolute atomic E-state index is 0.567. The van der Waals surface area contributed by atoms with Crippen LogP contribution in [-0.4, -0.2) is 12.6 Å². The van der Waals surface area contributed by atoms with Gasteiger partial charge in [-0.05, 0) is 36.6 Å². The molecule has 1 nitrogen and oxygen atoms in total. The maximum absolute atomic E-state index is 3.59. The first-order chi connectivity index (χ1) is 7.69. The molecule has 0 amide bonds. The Morgan fingerprint density at radius 2 is 2.06 bits per heavy atom. The second-order valence-corrected chi connectivity index (χ2v) is 5.21. The third-order valence-corrected chi connectivity index (χ3v) is 3.54. The molecular weight excluding hydrogens is 262 g/mol. The number of halogens is 1. The molecule has 16 heavy (non-hydrogen) atoms. The Kier molecular flexibility index (Phi) is 6.07. The van der Waals surface area contributed by atoms with Gasteiger partial charge in [-0.2, -0.15) is 0 Å². The fourth-order valence-corrected chi connectivity index (χ4v) is 2.54. The minimum Gasteiger partial charge on any atom is -0.314 e. The maximum Gasteiger partial charge on any atom is 0.0178 e. The molecule has 0 radical (unpaired) electrons. The lowest BCUT2D eigenvalue weighted by Gasteiger charge is -2.25. The molecule has 0 fully saturated rings. The number of likely N-dealkylation sites (N-methyl/N-ethyl adjacent to an activating group) is 1. The molecule has 2 unspecified atom stereocenters. The standard InChI is InChI=1S/C14H22BrN/c1-4-7-14(16-5-2)11(3)12-8-6-9-13(15)10-12/h6,8-11,14,16H,4-5,7H2,1-3H3. The van der Waals surface area contributed by atoms with E-state index in [0.29, 0.717) is 12.0 Å². The summed E-state index contributed by atoms with van der Waals surface area (Å²) in [5.74, 6) is 0.567. The molecule has 2 heteroatoms. The van der Waals surface area contributed by atoms with Crippen molar-refractivity contribution in [3.05, 3.63) is 34.3 Å². The van der Waals surface area contributed by atoms with Crippen LogP contribution in [0.3, 0.4) is 0 Å². The van der Waals surface area contributed by atoms with E-state index < -0.39 is 0 Å². The van der Waals surface area contributed by atoms with Crippen molar-refractivity contribution in [3.63, 3.8) is 0 Å². The molecule has 0 bridgehead atoms. The van der Waals surface area contributed by atoms with Gasteiger partial charge in [0.05, 0.1) is 0 Å².